The Balaban J connectivity index is 1.18. The molecule has 11 heteroatoms. The van der Waals surface area contributed by atoms with Crippen LogP contribution in [0.5, 0.6) is 5.75 Å². The van der Waals surface area contributed by atoms with E-state index in [1.165, 1.54) is 25.2 Å². The van der Waals surface area contributed by atoms with Crippen molar-refractivity contribution in [1.82, 2.24) is 0 Å². The molecule has 0 bridgehead atoms. The van der Waals surface area contributed by atoms with E-state index in [4.69, 9.17) is 4.74 Å². The molecule has 2 aliphatic carbocycles. The molecule has 0 unspecified atom stereocenters. The zero-order valence-electron chi connectivity index (χ0n) is 22.5. The standard InChI is InChI=1S/C30H32F2N4O4S/c31-30(32)10-14-36(15-11-30)26-19-22(17-20-5-16-40-27(20)26)33-28(37)24-4-1-21(34-41(38,39)23-2-3-23)18-25(24)35-12-8-29(6-7-29)9-13-35/h1,4,10-11,14-15,17-19,23,34H,2-3,5-9,12-13,16H2,(H,33,37). The summed E-state index contributed by atoms with van der Waals surface area (Å²) in [6.45, 7) is 2.07. The van der Waals surface area contributed by atoms with Crippen LogP contribution in [0.3, 0.4) is 0 Å². The molecule has 7 rings (SSSR count). The third-order valence-electron chi connectivity index (χ3n) is 8.80. The summed E-state index contributed by atoms with van der Waals surface area (Å²) >= 11 is 0. The lowest BCUT2D eigenvalue weighted by molar-refractivity contribution is 0.102. The molecule has 2 aromatic rings. The number of ether oxygens (including phenoxy) is 1. The summed E-state index contributed by atoms with van der Waals surface area (Å²) in [6, 6.07) is 8.65. The van der Waals surface area contributed by atoms with Crippen LogP contribution in [-0.2, 0) is 16.4 Å². The SMILES string of the molecule is O=C(Nc1cc2c(c(N3C=CC(F)(F)C=C3)c1)OCC2)c1ccc(NS(=O)(=O)C2CC2)cc1N1CCC2(CC1)CC2. The summed E-state index contributed by atoms with van der Waals surface area (Å²) in [5.74, 6) is -2.74. The van der Waals surface area contributed by atoms with Gasteiger partial charge in [0, 0.05) is 55.3 Å². The first-order valence-electron chi connectivity index (χ1n) is 14.2. The number of nitrogens with zero attached hydrogens (tertiary/aromatic N) is 2. The monoisotopic (exact) mass is 582 g/mol. The van der Waals surface area contributed by atoms with E-state index in [1.54, 1.807) is 29.2 Å². The molecule has 1 amide bonds. The summed E-state index contributed by atoms with van der Waals surface area (Å²) in [6.07, 6.45) is 10.8. The molecule has 0 atom stereocenters. The fraction of sp³-hybridized carbons (Fsp3) is 0.433. The van der Waals surface area contributed by atoms with Gasteiger partial charge in [0.15, 0.2) is 0 Å². The van der Waals surface area contributed by atoms with Crippen LogP contribution in [0.15, 0.2) is 54.9 Å². The van der Waals surface area contributed by atoms with Gasteiger partial charge >= 0.3 is 0 Å². The Morgan fingerprint density at radius 1 is 0.951 bits per heavy atom. The Labute approximate surface area is 238 Å². The fourth-order valence-electron chi connectivity index (χ4n) is 5.95. The van der Waals surface area contributed by atoms with Gasteiger partial charge in [0.25, 0.3) is 11.8 Å². The second-order valence-electron chi connectivity index (χ2n) is 11.8. The maximum Gasteiger partial charge on any atom is 0.288 e. The first-order chi connectivity index (χ1) is 19.6. The van der Waals surface area contributed by atoms with Crippen LogP contribution in [0.4, 0.5) is 31.5 Å². The highest BCUT2D eigenvalue weighted by Crippen LogP contribution is 2.54. The number of alkyl halides is 2. The second kappa shape index (κ2) is 9.47. The Kier molecular flexibility index (Phi) is 6.08. The Morgan fingerprint density at radius 3 is 2.34 bits per heavy atom. The molecular weight excluding hydrogens is 550 g/mol. The summed E-state index contributed by atoms with van der Waals surface area (Å²) < 4.78 is 61.1. The molecule has 2 saturated carbocycles. The molecule has 41 heavy (non-hydrogen) atoms. The van der Waals surface area contributed by atoms with Crippen LogP contribution >= 0.6 is 0 Å². The minimum Gasteiger partial charge on any atom is -0.491 e. The largest absolute Gasteiger partial charge is 0.491 e. The van der Waals surface area contributed by atoms with Crippen LogP contribution in [-0.4, -0.2) is 45.2 Å². The number of halogens is 2. The van der Waals surface area contributed by atoms with E-state index in [-0.39, 0.29) is 11.2 Å². The number of rotatable bonds is 7. The molecule has 2 N–H and O–H groups in total. The van der Waals surface area contributed by atoms with Crippen molar-refractivity contribution in [2.75, 3.05) is 39.5 Å². The Hall–Kier alpha value is -3.60. The highest BCUT2D eigenvalue weighted by atomic mass is 32.2. The summed E-state index contributed by atoms with van der Waals surface area (Å²) in [5, 5.41) is 2.65. The van der Waals surface area contributed by atoms with E-state index in [0.29, 0.717) is 65.3 Å². The average molecular weight is 583 g/mol. The molecule has 3 aliphatic heterocycles. The van der Waals surface area contributed by atoms with Crippen LogP contribution < -0.4 is 24.6 Å². The van der Waals surface area contributed by atoms with Crippen molar-refractivity contribution in [3.63, 3.8) is 0 Å². The van der Waals surface area contributed by atoms with Gasteiger partial charge in [0.05, 0.1) is 34.5 Å². The normalized spacial score (nSPS) is 21.9. The van der Waals surface area contributed by atoms with Gasteiger partial charge in [-0.1, -0.05) is 0 Å². The first-order valence-corrected chi connectivity index (χ1v) is 15.7. The van der Waals surface area contributed by atoms with E-state index in [0.717, 1.165) is 43.6 Å². The van der Waals surface area contributed by atoms with Gasteiger partial charge in [-0.25, -0.2) is 8.42 Å². The van der Waals surface area contributed by atoms with Gasteiger partial charge in [-0.2, -0.15) is 8.78 Å². The van der Waals surface area contributed by atoms with Crippen LogP contribution in [0, 0.1) is 5.41 Å². The lowest BCUT2D eigenvalue weighted by atomic mass is 9.93. The average Bonchev–Trinajstić information content (AvgIpc) is 3.87. The highest BCUT2D eigenvalue weighted by molar-refractivity contribution is 7.93. The second-order valence-corrected chi connectivity index (χ2v) is 13.8. The first kappa shape index (κ1) is 26.3. The van der Waals surface area contributed by atoms with E-state index >= 15 is 0 Å². The predicted octanol–water partition coefficient (Wildman–Crippen LogP) is 5.64. The lowest BCUT2D eigenvalue weighted by Gasteiger charge is -2.35. The number of nitrogens with one attached hydrogen (secondary N) is 2. The maximum absolute atomic E-state index is 13.8. The van der Waals surface area contributed by atoms with Crippen LogP contribution in [0.2, 0.25) is 0 Å². The number of carbonyl (C=O) groups is 1. The van der Waals surface area contributed by atoms with Crippen LogP contribution in [0.25, 0.3) is 0 Å². The molecule has 0 aromatic heterocycles. The van der Waals surface area contributed by atoms with Gasteiger partial charge < -0.3 is 19.9 Å². The van der Waals surface area contributed by atoms with E-state index in [9.17, 15) is 22.0 Å². The number of amides is 1. The van der Waals surface area contributed by atoms with Crippen molar-refractivity contribution in [1.29, 1.82) is 0 Å². The Bertz CT molecular complexity index is 1550. The zero-order chi connectivity index (χ0) is 28.4. The minimum atomic E-state index is -3.45. The number of piperidine rings is 1. The molecule has 1 saturated heterocycles. The van der Waals surface area contributed by atoms with Gasteiger partial charge in [0.2, 0.25) is 10.0 Å². The number of benzene rings is 2. The summed E-state index contributed by atoms with van der Waals surface area (Å²) in [5.41, 5.74) is 4.00. The molecule has 1 spiro atoms. The smallest absolute Gasteiger partial charge is 0.288 e. The number of carbonyl (C=O) groups excluding carboxylic acids is 1. The van der Waals surface area contributed by atoms with Crippen molar-refractivity contribution in [3.05, 3.63) is 66.0 Å². The maximum atomic E-state index is 13.8. The number of hydrogen-bond donors (Lipinski definition) is 2. The van der Waals surface area contributed by atoms with E-state index in [2.05, 4.69) is 14.9 Å². The third-order valence-corrected chi connectivity index (χ3v) is 10.7. The Morgan fingerprint density at radius 2 is 1.66 bits per heavy atom. The lowest BCUT2D eigenvalue weighted by Crippen LogP contribution is -2.35. The van der Waals surface area contributed by atoms with E-state index in [1.807, 2.05) is 6.07 Å². The topological polar surface area (TPSA) is 91.0 Å². The molecule has 8 nitrogen and oxygen atoms in total. The molecule has 216 valence electrons. The van der Waals surface area contributed by atoms with Crippen molar-refractivity contribution in [2.24, 2.45) is 5.41 Å². The fourth-order valence-corrected chi connectivity index (χ4v) is 7.33. The molecular formula is C30H32F2N4O4S. The van der Waals surface area contributed by atoms with Crippen molar-refractivity contribution in [3.8, 4) is 5.75 Å². The number of anilines is 4. The van der Waals surface area contributed by atoms with Crippen molar-refractivity contribution < 1.29 is 26.7 Å². The zero-order valence-corrected chi connectivity index (χ0v) is 23.4. The van der Waals surface area contributed by atoms with Crippen molar-refractivity contribution in [2.45, 2.75) is 56.1 Å². The summed E-state index contributed by atoms with van der Waals surface area (Å²) in [7, 11) is -3.45. The molecule has 3 fully saturated rings. The number of fused-ring (bicyclic) bond motifs is 1. The number of allylic oxidation sites excluding steroid dienone is 2. The third kappa shape index (κ3) is 5.27. The quantitative estimate of drug-likeness (QED) is 0.439. The van der Waals surface area contributed by atoms with Crippen molar-refractivity contribution >= 4 is 38.7 Å². The number of hydrogen-bond acceptors (Lipinski definition) is 6. The number of sulfonamides is 1. The van der Waals surface area contributed by atoms with Crippen LogP contribution in [0.1, 0.15) is 54.4 Å². The van der Waals surface area contributed by atoms with Gasteiger partial charge in [-0.15, -0.1) is 0 Å². The molecule has 2 aromatic carbocycles. The van der Waals surface area contributed by atoms with E-state index < -0.39 is 15.9 Å². The minimum absolute atomic E-state index is 0.329. The van der Waals surface area contributed by atoms with Gasteiger partial charge in [-0.3, -0.25) is 9.52 Å². The highest BCUT2D eigenvalue weighted by Gasteiger charge is 2.45. The summed E-state index contributed by atoms with van der Waals surface area (Å²) in [4.78, 5) is 17.5. The predicted molar refractivity (Wildman–Crippen MR) is 154 cm³/mol. The van der Waals surface area contributed by atoms with Gasteiger partial charge in [0.1, 0.15) is 5.75 Å². The van der Waals surface area contributed by atoms with Gasteiger partial charge in [-0.05, 0) is 74.3 Å². The molecule has 0 radical (unpaired) electrons. The molecule has 5 aliphatic rings. The molecule has 3 heterocycles.